The predicted molar refractivity (Wildman–Crippen MR) is 62.9 cm³/mol. The topological polar surface area (TPSA) is 73.7 Å². The molecule has 0 saturated carbocycles. The molecule has 1 aliphatic rings. The number of rotatable bonds is 5. The van der Waals surface area contributed by atoms with Crippen molar-refractivity contribution in [2.45, 2.75) is 38.8 Å². The van der Waals surface area contributed by atoms with E-state index in [1.165, 1.54) is 7.11 Å². The molecule has 6 heteroatoms. The van der Waals surface area contributed by atoms with Gasteiger partial charge in [0.15, 0.2) is 6.29 Å². The molecular formula is C12H18N2O4. The number of hydrogen-bond donors (Lipinski definition) is 1. The Hall–Kier alpha value is -1.24. The fraction of sp³-hybridized carbons (Fsp3) is 0.667. The molecule has 1 atom stereocenters. The smallest absolute Gasteiger partial charge is 0.238 e. The number of hydrogen-bond acceptors (Lipinski definition) is 6. The summed E-state index contributed by atoms with van der Waals surface area (Å²) in [5, 5.41) is 17.0. The zero-order valence-corrected chi connectivity index (χ0v) is 10.5. The van der Waals surface area contributed by atoms with Crippen LogP contribution in [0.15, 0.2) is 6.07 Å². The molecule has 1 saturated heterocycles. The molecule has 0 amide bonds. The first-order chi connectivity index (χ1) is 8.83. The van der Waals surface area contributed by atoms with Gasteiger partial charge in [-0.2, -0.15) is 0 Å². The Bertz CT molecular complexity index is 380. The number of nitrogens with zero attached hydrogens (tertiary/aromatic N) is 2. The fourth-order valence-electron chi connectivity index (χ4n) is 1.84. The summed E-state index contributed by atoms with van der Waals surface area (Å²) < 4.78 is 16.0. The van der Waals surface area contributed by atoms with Gasteiger partial charge in [-0.05, 0) is 25.3 Å². The van der Waals surface area contributed by atoms with E-state index in [1.54, 1.807) is 6.07 Å². The Morgan fingerprint density at radius 2 is 2.33 bits per heavy atom. The Kier molecular flexibility index (Phi) is 4.86. The maximum absolute atomic E-state index is 9.18. The molecule has 0 aliphatic carbocycles. The van der Waals surface area contributed by atoms with Crippen molar-refractivity contribution in [2.24, 2.45) is 0 Å². The third kappa shape index (κ3) is 3.38. The number of aliphatic hydroxyl groups excluding tert-OH is 1. The lowest BCUT2D eigenvalue weighted by Gasteiger charge is -2.22. The van der Waals surface area contributed by atoms with Crippen LogP contribution in [0.1, 0.15) is 30.5 Å². The van der Waals surface area contributed by atoms with Crippen molar-refractivity contribution in [3.63, 3.8) is 0 Å². The summed E-state index contributed by atoms with van der Waals surface area (Å²) >= 11 is 0. The summed E-state index contributed by atoms with van der Waals surface area (Å²) in [6, 6.07) is 1.73. The molecule has 1 fully saturated rings. The van der Waals surface area contributed by atoms with E-state index in [9.17, 15) is 5.11 Å². The standard InChI is InChI=1S/C12H18N2O4/c1-16-12-9(7-15)6-10(13-14-12)8-18-11-4-2-3-5-17-11/h6,11,15H,2-5,7-8H2,1H3/t11-/m0/s1. The summed E-state index contributed by atoms with van der Waals surface area (Å²) in [5.74, 6) is 0.343. The van der Waals surface area contributed by atoms with Crippen LogP contribution in [0.2, 0.25) is 0 Å². The molecule has 0 radical (unpaired) electrons. The largest absolute Gasteiger partial charge is 0.480 e. The second-order valence-electron chi connectivity index (χ2n) is 4.14. The van der Waals surface area contributed by atoms with E-state index in [0.29, 0.717) is 23.7 Å². The van der Waals surface area contributed by atoms with Gasteiger partial charge in [-0.25, -0.2) is 0 Å². The summed E-state index contributed by atoms with van der Waals surface area (Å²) in [6.45, 7) is 0.946. The first-order valence-electron chi connectivity index (χ1n) is 6.07. The molecule has 2 heterocycles. The Morgan fingerprint density at radius 3 is 3.00 bits per heavy atom. The first-order valence-corrected chi connectivity index (χ1v) is 6.07. The van der Waals surface area contributed by atoms with Gasteiger partial charge in [0.1, 0.15) is 0 Å². The highest BCUT2D eigenvalue weighted by Gasteiger charge is 2.15. The maximum atomic E-state index is 9.18. The quantitative estimate of drug-likeness (QED) is 0.845. The zero-order chi connectivity index (χ0) is 12.8. The van der Waals surface area contributed by atoms with Crippen molar-refractivity contribution in [3.8, 4) is 5.88 Å². The molecule has 2 rings (SSSR count). The summed E-state index contributed by atoms with van der Waals surface area (Å²) in [4.78, 5) is 0. The van der Waals surface area contributed by atoms with Crippen molar-refractivity contribution in [3.05, 3.63) is 17.3 Å². The highest BCUT2D eigenvalue weighted by molar-refractivity contribution is 5.25. The van der Waals surface area contributed by atoms with Crippen molar-refractivity contribution >= 4 is 0 Å². The number of aliphatic hydroxyl groups is 1. The lowest BCUT2D eigenvalue weighted by atomic mass is 10.2. The highest BCUT2D eigenvalue weighted by atomic mass is 16.7. The van der Waals surface area contributed by atoms with Gasteiger partial charge in [-0.15, -0.1) is 10.2 Å². The molecule has 0 bridgehead atoms. The molecule has 1 aromatic heterocycles. The lowest BCUT2D eigenvalue weighted by Crippen LogP contribution is -2.22. The zero-order valence-electron chi connectivity index (χ0n) is 10.5. The van der Waals surface area contributed by atoms with Gasteiger partial charge in [-0.1, -0.05) is 0 Å². The lowest BCUT2D eigenvalue weighted by molar-refractivity contribution is -0.169. The van der Waals surface area contributed by atoms with Gasteiger partial charge < -0.3 is 19.3 Å². The predicted octanol–water partition coefficient (Wildman–Crippen LogP) is 1.02. The normalized spacial score (nSPS) is 19.8. The van der Waals surface area contributed by atoms with E-state index in [4.69, 9.17) is 14.2 Å². The molecule has 18 heavy (non-hydrogen) atoms. The van der Waals surface area contributed by atoms with E-state index in [1.807, 2.05) is 0 Å². The molecule has 1 aliphatic heterocycles. The molecule has 6 nitrogen and oxygen atoms in total. The summed E-state index contributed by atoms with van der Waals surface area (Å²) in [6.07, 6.45) is 2.98. The number of aromatic nitrogens is 2. The molecule has 100 valence electrons. The van der Waals surface area contributed by atoms with E-state index in [-0.39, 0.29) is 12.9 Å². The van der Waals surface area contributed by atoms with Crippen molar-refractivity contribution in [1.82, 2.24) is 10.2 Å². The average Bonchev–Trinajstić information content (AvgIpc) is 2.45. The van der Waals surface area contributed by atoms with Crippen LogP contribution in [0.5, 0.6) is 5.88 Å². The molecule has 0 aromatic carbocycles. The van der Waals surface area contributed by atoms with Crippen LogP contribution in [0.25, 0.3) is 0 Å². The van der Waals surface area contributed by atoms with Crippen LogP contribution >= 0.6 is 0 Å². The fourth-order valence-corrected chi connectivity index (χ4v) is 1.84. The van der Waals surface area contributed by atoms with Gasteiger partial charge in [0.2, 0.25) is 5.88 Å². The van der Waals surface area contributed by atoms with Crippen LogP contribution in [0, 0.1) is 0 Å². The van der Waals surface area contributed by atoms with Crippen LogP contribution in [0.3, 0.4) is 0 Å². The van der Waals surface area contributed by atoms with Gasteiger partial charge >= 0.3 is 0 Å². The molecule has 1 N–H and O–H groups in total. The highest BCUT2D eigenvalue weighted by Crippen LogP contribution is 2.17. The monoisotopic (exact) mass is 254 g/mol. The first kappa shape index (κ1) is 13.2. The van der Waals surface area contributed by atoms with Gasteiger partial charge in [0, 0.05) is 12.2 Å². The Balaban J connectivity index is 1.92. The van der Waals surface area contributed by atoms with Crippen molar-refractivity contribution < 1.29 is 19.3 Å². The summed E-state index contributed by atoms with van der Waals surface area (Å²) in [5.41, 5.74) is 1.27. The molecule has 0 unspecified atom stereocenters. The second kappa shape index (κ2) is 6.63. The Labute approximate surface area is 106 Å². The number of methoxy groups -OCH3 is 1. The third-order valence-corrected chi connectivity index (χ3v) is 2.80. The van der Waals surface area contributed by atoms with E-state index in [2.05, 4.69) is 10.2 Å². The molecule has 1 aromatic rings. The van der Waals surface area contributed by atoms with Crippen molar-refractivity contribution in [2.75, 3.05) is 13.7 Å². The molecule has 0 spiro atoms. The molecular weight excluding hydrogens is 236 g/mol. The SMILES string of the molecule is COc1nnc(CO[C@H]2CCCCO2)cc1CO. The van der Waals surface area contributed by atoms with Gasteiger partial charge in [0.05, 0.1) is 26.0 Å². The minimum absolute atomic E-state index is 0.133. The summed E-state index contributed by atoms with van der Waals surface area (Å²) in [7, 11) is 1.50. The third-order valence-electron chi connectivity index (χ3n) is 2.80. The van der Waals surface area contributed by atoms with Crippen LogP contribution < -0.4 is 4.74 Å². The van der Waals surface area contributed by atoms with Crippen LogP contribution in [-0.2, 0) is 22.7 Å². The maximum Gasteiger partial charge on any atom is 0.238 e. The van der Waals surface area contributed by atoms with Gasteiger partial charge in [-0.3, -0.25) is 0 Å². The van der Waals surface area contributed by atoms with Gasteiger partial charge in [0.25, 0.3) is 0 Å². The average molecular weight is 254 g/mol. The number of ether oxygens (including phenoxy) is 3. The van der Waals surface area contributed by atoms with Crippen molar-refractivity contribution in [1.29, 1.82) is 0 Å². The van der Waals surface area contributed by atoms with Crippen LogP contribution in [-0.4, -0.2) is 35.3 Å². The minimum atomic E-state index is -0.153. The minimum Gasteiger partial charge on any atom is -0.480 e. The second-order valence-corrected chi connectivity index (χ2v) is 4.14. The van der Waals surface area contributed by atoms with E-state index >= 15 is 0 Å². The van der Waals surface area contributed by atoms with E-state index in [0.717, 1.165) is 25.9 Å². The van der Waals surface area contributed by atoms with E-state index < -0.39 is 0 Å². The Morgan fingerprint density at radius 1 is 1.44 bits per heavy atom. The van der Waals surface area contributed by atoms with Crippen LogP contribution in [0.4, 0.5) is 0 Å².